The third-order valence-corrected chi connectivity index (χ3v) is 5.28. The van der Waals surface area contributed by atoms with Crippen LogP contribution in [0.5, 0.6) is 0 Å². The second-order valence-corrected chi connectivity index (χ2v) is 8.57. The minimum atomic E-state index is -1.13. The maximum absolute atomic E-state index is 13.9. The molecule has 3 atom stereocenters. The average Bonchev–Trinajstić information content (AvgIpc) is 3.16. The number of hydrogen-bond donors (Lipinski definition) is 3. The van der Waals surface area contributed by atoms with Gasteiger partial charge in [0.05, 0.1) is 18.8 Å². The van der Waals surface area contributed by atoms with Crippen LogP contribution in [0.3, 0.4) is 0 Å². The van der Waals surface area contributed by atoms with Gasteiger partial charge in [0, 0.05) is 18.7 Å². The largest absolute Gasteiger partial charge is 0.467 e. The normalized spacial score (nSPS) is 18.2. The highest BCUT2D eigenvalue weighted by atomic mass is 19.1. The van der Waals surface area contributed by atoms with Crippen molar-refractivity contribution in [2.24, 2.45) is 5.92 Å². The van der Waals surface area contributed by atoms with Crippen molar-refractivity contribution in [3.05, 3.63) is 41.5 Å². The lowest BCUT2D eigenvalue weighted by atomic mass is 10.0. The SMILES string of the molecule is COC(=O)C(NC(=O)C1C(NC(=O)Nc2ccc(F)cc2F)CCN1C(=O)C=C(C)C)C(C)C. The monoisotopic (exact) mass is 480 g/mol. The molecule has 186 valence electrons. The second kappa shape index (κ2) is 11.6. The molecule has 1 aliphatic heterocycles. The van der Waals surface area contributed by atoms with Gasteiger partial charge in [-0.2, -0.15) is 0 Å². The molecule has 4 amide bonds. The first-order valence-corrected chi connectivity index (χ1v) is 10.8. The molecule has 0 bridgehead atoms. The van der Waals surface area contributed by atoms with Crippen molar-refractivity contribution in [2.45, 2.75) is 52.2 Å². The predicted octanol–water partition coefficient (Wildman–Crippen LogP) is 2.34. The molecule has 0 radical (unpaired) electrons. The Morgan fingerprint density at radius 2 is 1.85 bits per heavy atom. The highest BCUT2D eigenvalue weighted by Gasteiger charge is 2.43. The second-order valence-electron chi connectivity index (χ2n) is 8.57. The van der Waals surface area contributed by atoms with E-state index < -0.39 is 53.6 Å². The van der Waals surface area contributed by atoms with E-state index in [0.29, 0.717) is 6.07 Å². The van der Waals surface area contributed by atoms with Gasteiger partial charge in [-0.25, -0.2) is 18.4 Å². The summed E-state index contributed by atoms with van der Waals surface area (Å²) < 4.78 is 31.8. The lowest BCUT2D eigenvalue weighted by Gasteiger charge is -2.29. The van der Waals surface area contributed by atoms with Gasteiger partial charge in [0.25, 0.3) is 0 Å². The van der Waals surface area contributed by atoms with Gasteiger partial charge in [-0.3, -0.25) is 9.59 Å². The summed E-state index contributed by atoms with van der Waals surface area (Å²) in [6.45, 7) is 7.08. The number of anilines is 1. The van der Waals surface area contributed by atoms with Gasteiger partial charge in [-0.15, -0.1) is 0 Å². The van der Waals surface area contributed by atoms with Gasteiger partial charge < -0.3 is 25.6 Å². The summed E-state index contributed by atoms with van der Waals surface area (Å²) in [5.74, 6) is -3.76. The quantitative estimate of drug-likeness (QED) is 0.409. The van der Waals surface area contributed by atoms with E-state index in [0.717, 1.165) is 17.7 Å². The van der Waals surface area contributed by atoms with Crippen LogP contribution >= 0.6 is 0 Å². The highest BCUT2D eigenvalue weighted by molar-refractivity contribution is 5.96. The first-order chi connectivity index (χ1) is 15.9. The zero-order chi connectivity index (χ0) is 25.6. The van der Waals surface area contributed by atoms with E-state index >= 15 is 0 Å². The molecule has 9 nitrogen and oxygen atoms in total. The molecule has 2 rings (SSSR count). The van der Waals surface area contributed by atoms with Gasteiger partial charge in [0.1, 0.15) is 23.7 Å². The van der Waals surface area contributed by atoms with Crippen molar-refractivity contribution in [1.29, 1.82) is 0 Å². The fourth-order valence-corrected chi connectivity index (χ4v) is 3.63. The summed E-state index contributed by atoms with van der Waals surface area (Å²) in [5, 5.41) is 7.47. The van der Waals surface area contributed by atoms with E-state index in [2.05, 4.69) is 16.0 Å². The summed E-state index contributed by atoms with van der Waals surface area (Å²) in [6.07, 6.45) is 1.61. The van der Waals surface area contributed by atoms with Crippen LogP contribution in [0.4, 0.5) is 19.3 Å². The minimum Gasteiger partial charge on any atom is -0.467 e. The number of allylic oxidation sites excluding steroid dienone is 1. The minimum absolute atomic E-state index is 0.168. The molecule has 3 unspecified atom stereocenters. The van der Waals surface area contributed by atoms with Gasteiger partial charge in [0.2, 0.25) is 11.8 Å². The number of methoxy groups -OCH3 is 1. The van der Waals surface area contributed by atoms with E-state index in [1.807, 2.05) is 0 Å². The standard InChI is InChI=1S/C23H30F2N4O5/c1-12(2)10-18(30)29-9-8-17(20(29)21(31)28-19(13(3)4)22(32)34-5)27-23(33)26-16-7-6-14(24)11-15(16)25/h6-7,10-11,13,17,19-20H,8-9H2,1-5H3,(H,28,31)(H2,26,27,33). The fourth-order valence-electron chi connectivity index (χ4n) is 3.63. The molecule has 0 aromatic heterocycles. The maximum atomic E-state index is 13.9. The molecule has 11 heteroatoms. The zero-order valence-electron chi connectivity index (χ0n) is 19.8. The molecule has 34 heavy (non-hydrogen) atoms. The van der Waals surface area contributed by atoms with Crippen LogP contribution < -0.4 is 16.0 Å². The van der Waals surface area contributed by atoms with Crippen LogP contribution in [0.25, 0.3) is 0 Å². The number of urea groups is 1. The molecule has 1 heterocycles. The van der Waals surface area contributed by atoms with Crippen molar-refractivity contribution in [2.75, 3.05) is 19.0 Å². The Kier molecular flexibility index (Phi) is 9.11. The number of carbonyl (C=O) groups is 4. The van der Waals surface area contributed by atoms with Crippen LogP contribution in [0.15, 0.2) is 29.8 Å². The molecule has 1 saturated heterocycles. The first-order valence-electron chi connectivity index (χ1n) is 10.8. The van der Waals surface area contributed by atoms with Crippen molar-refractivity contribution < 1.29 is 32.7 Å². The number of nitrogens with one attached hydrogen (secondary N) is 3. The number of halogens is 2. The third kappa shape index (κ3) is 6.75. The van der Waals surface area contributed by atoms with Crippen LogP contribution in [0.1, 0.15) is 34.1 Å². The van der Waals surface area contributed by atoms with E-state index in [4.69, 9.17) is 4.74 Å². The third-order valence-electron chi connectivity index (χ3n) is 5.28. The number of nitrogens with zero attached hydrogens (tertiary/aromatic N) is 1. The number of esters is 1. The number of hydrogen-bond acceptors (Lipinski definition) is 5. The topological polar surface area (TPSA) is 117 Å². The molecule has 0 aliphatic carbocycles. The van der Waals surface area contributed by atoms with E-state index in [-0.39, 0.29) is 24.6 Å². The summed E-state index contributed by atoms with van der Waals surface area (Å²) in [5.41, 5.74) is 0.473. The van der Waals surface area contributed by atoms with Crippen LogP contribution in [0, 0.1) is 17.6 Å². The number of benzene rings is 1. The average molecular weight is 481 g/mol. The molecule has 1 fully saturated rings. The van der Waals surface area contributed by atoms with Crippen LogP contribution in [0.2, 0.25) is 0 Å². The molecular weight excluding hydrogens is 450 g/mol. The van der Waals surface area contributed by atoms with Crippen molar-refractivity contribution in [3.63, 3.8) is 0 Å². The molecule has 0 saturated carbocycles. The van der Waals surface area contributed by atoms with E-state index in [9.17, 15) is 28.0 Å². The number of ether oxygens (including phenoxy) is 1. The Bertz CT molecular complexity index is 978. The van der Waals surface area contributed by atoms with Crippen LogP contribution in [-0.2, 0) is 19.1 Å². The lowest BCUT2D eigenvalue weighted by Crippen LogP contribution is -2.58. The summed E-state index contributed by atoms with van der Waals surface area (Å²) in [7, 11) is 1.20. The number of rotatable bonds is 7. The molecule has 1 aromatic carbocycles. The number of amides is 4. The van der Waals surface area contributed by atoms with Gasteiger partial charge >= 0.3 is 12.0 Å². The Morgan fingerprint density at radius 3 is 2.41 bits per heavy atom. The molecule has 1 aromatic rings. The van der Waals surface area contributed by atoms with Crippen molar-refractivity contribution >= 4 is 29.5 Å². The highest BCUT2D eigenvalue weighted by Crippen LogP contribution is 2.21. The predicted molar refractivity (Wildman–Crippen MR) is 121 cm³/mol. The molecule has 3 N–H and O–H groups in total. The molecule has 1 aliphatic rings. The zero-order valence-corrected chi connectivity index (χ0v) is 19.8. The van der Waals surface area contributed by atoms with Gasteiger partial charge in [-0.05, 0) is 38.3 Å². The van der Waals surface area contributed by atoms with Crippen molar-refractivity contribution in [1.82, 2.24) is 15.5 Å². The summed E-state index contributed by atoms with van der Waals surface area (Å²) >= 11 is 0. The Labute approximate surface area is 196 Å². The molecule has 0 spiro atoms. The van der Waals surface area contributed by atoms with Crippen LogP contribution in [-0.4, -0.2) is 60.5 Å². The van der Waals surface area contributed by atoms with E-state index in [1.165, 1.54) is 18.1 Å². The van der Waals surface area contributed by atoms with Gasteiger partial charge in [0.15, 0.2) is 0 Å². The summed E-state index contributed by atoms with van der Waals surface area (Å²) in [4.78, 5) is 51.9. The Morgan fingerprint density at radius 1 is 1.18 bits per heavy atom. The van der Waals surface area contributed by atoms with E-state index in [1.54, 1.807) is 27.7 Å². The smallest absolute Gasteiger partial charge is 0.328 e. The number of likely N-dealkylation sites (tertiary alicyclic amines) is 1. The summed E-state index contributed by atoms with van der Waals surface area (Å²) in [6, 6.07) is -1.07. The fraction of sp³-hybridized carbons (Fsp3) is 0.478. The maximum Gasteiger partial charge on any atom is 0.328 e. The van der Waals surface area contributed by atoms with Gasteiger partial charge in [-0.1, -0.05) is 19.4 Å². The lowest BCUT2D eigenvalue weighted by molar-refractivity contribution is -0.147. The molecular formula is C23H30F2N4O5. The Balaban J connectivity index is 2.25. The number of carbonyl (C=O) groups excluding carboxylic acids is 4. The Hall–Kier alpha value is -3.50. The van der Waals surface area contributed by atoms with Crippen molar-refractivity contribution in [3.8, 4) is 0 Å². The first kappa shape index (κ1) is 26.7.